The van der Waals surface area contributed by atoms with Crippen molar-refractivity contribution in [1.29, 1.82) is 5.26 Å². The zero-order valence-corrected chi connectivity index (χ0v) is 15.1. The fourth-order valence-electron chi connectivity index (χ4n) is 2.74. The molecule has 3 nitrogen and oxygen atoms in total. The van der Waals surface area contributed by atoms with Crippen LogP contribution in [0.4, 0.5) is 0 Å². The summed E-state index contributed by atoms with van der Waals surface area (Å²) >= 11 is 2.56. The van der Waals surface area contributed by atoms with E-state index < -0.39 is 0 Å². The molecule has 0 aliphatic heterocycles. The van der Waals surface area contributed by atoms with Crippen LogP contribution in [-0.2, 0) is 0 Å². The van der Waals surface area contributed by atoms with Gasteiger partial charge in [-0.05, 0) is 60.3 Å². The minimum absolute atomic E-state index is 0.0487. The first kappa shape index (κ1) is 16.5. The molecule has 3 aromatic carbocycles. The van der Waals surface area contributed by atoms with Gasteiger partial charge in [0.25, 0.3) is 0 Å². The van der Waals surface area contributed by atoms with Crippen LogP contribution in [0, 0.1) is 11.3 Å². The zero-order valence-electron chi connectivity index (χ0n) is 13.4. The second kappa shape index (κ2) is 6.75. The van der Waals surface area contributed by atoms with E-state index in [1.807, 2.05) is 24.3 Å². The number of carbonyl (C=O) groups excluding carboxylic acids is 1. The summed E-state index contributed by atoms with van der Waals surface area (Å²) in [4.78, 5) is 26.3. The number of thioether (sulfide) groups is 1. The summed E-state index contributed by atoms with van der Waals surface area (Å²) in [5.41, 5.74) is 1.04. The Hall–Kier alpha value is -2.94. The molecule has 0 atom stereocenters. The second-order valence-electron chi connectivity index (χ2n) is 5.64. The Morgan fingerprint density at radius 1 is 0.923 bits per heavy atom. The third-order valence-corrected chi connectivity index (χ3v) is 6.15. The third-order valence-electron chi connectivity index (χ3n) is 4.02. The fourth-order valence-corrected chi connectivity index (χ4v) is 4.75. The van der Waals surface area contributed by atoms with Crippen LogP contribution in [-0.4, -0.2) is 5.12 Å². The van der Waals surface area contributed by atoms with Crippen LogP contribution < -0.4 is 5.43 Å². The van der Waals surface area contributed by atoms with E-state index in [0.29, 0.717) is 26.6 Å². The Balaban J connectivity index is 1.81. The topological polar surface area (TPSA) is 57.9 Å². The molecule has 0 amide bonds. The number of fused-ring (bicyclic) bond motifs is 2. The third kappa shape index (κ3) is 2.90. The lowest BCUT2D eigenvalue weighted by Gasteiger charge is -2.06. The molecule has 0 aliphatic carbocycles. The lowest BCUT2D eigenvalue weighted by molar-refractivity contribution is 0.109. The van der Waals surface area contributed by atoms with Gasteiger partial charge in [-0.2, -0.15) is 5.26 Å². The Kier molecular flexibility index (Phi) is 4.29. The van der Waals surface area contributed by atoms with Gasteiger partial charge in [0, 0.05) is 25.9 Å². The van der Waals surface area contributed by atoms with Crippen LogP contribution in [0.25, 0.3) is 20.2 Å². The fraction of sp³-hybridized carbons (Fsp3) is 0. The first-order valence-electron chi connectivity index (χ1n) is 7.84. The van der Waals surface area contributed by atoms with Gasteiger partial charge in [-0.1, -0.05) is 18.2 Å². The Bertz CT molecular complexity index is 1250. The van der Waals surface area contributed by atoms with E-state index in [9.17, 15) is 9.59 Å². The largest absolute Gasteiger partial charge is 0.289 e. The summed E-state index contributed by atoms with van der Waals surface area (Å²) in [5.74, 6) is 0. The molecule has 0 fully saturated rings. The van der Waals surface area contributed by atoms with Crippen molar-refractivity contribution >= 4 is 48.4 Å². The SMILES string of the molecule is N#Cc1ccc(SC(=O)c2cccc3c(=O)c4ccccc4sc23)cc1. The monoisotopic (exact) mass is 373 g/mol. The zero-order chi connectivity index (χ0) is 18.1. The Morgan fingerprint density at radius 2 is 1.65 bits per heavy atom. The van der Waals surface area contributed by atoms with Crippen LogP contribution in [0.2, 0.25) is 0 Å². The molecule has 26 heavy (non-hydrogen) atoms. The maximum atomic E-state index is 12.8. The molecule has 4 rings (SSSR count). The molecule has 0 aliphatic rings. The van der Waals surface area contributed by atoms with E-state index in [1.165, 1.54) is 11.3 Å². The highest BCUT2D eigenvalue weighted by molar-refractivity contribution is 8.14. The molecule has 0 unspecified atom stereocenters. The molecule has 124 valence electrons. The first-order valence-corrected chi connectivity index (χ1v) is 9.47. The summed E-state index contributed by atoms with van der Waals surface area (Å²) in [7, 11) is 0. The molecule has 0 saturated carbocycles. The highest BCUT2D eigenvalue weighted by Crippen LogP contribution is 2.31. The normalized spacial score (nSPS) is 10.7. The average molecular weight is 373 g/mol. The van der Waals surface area contributed by atoms with Crippen LogP contribution in [0.5, 0.6) is 0 Å². The van der Waals surface area contributed by atoms with Crippen molar-refractivity contribution in [3.63, 3.8) is 0 Å². The van der Waals surface area contributed by atoms with Crippen molar-refractivity contribution in [3.05, 3.63) is 88.1 Å². The van der Waals surface area contributed by atoms with Gasteiger partial charge in [0.15, 0.2) is 5.43 Å². The molecular weight excluding hydrogens is 362 g/mol. The molecule has 4 aromatic rings. The number of rotatable bonds is 2. The molecule has 1 heterocycles. The number of nitrogens with zero attached hydrogens (tertiary/aromatic N) is 1. The maximum Gasteiger partial charge on any atom is 0.225 e. The van der Waals surface area contributed by atoms with Crippen molar-refractivity contribution in [1.82, 2.24) is 0 Å². The van der Waals surface area contributed by atoms with Crippen molar-refractivity contribution in [3.8, 4) is 6.07 Å². The molecule has 0 bridgehead atoms. The summed E-state index contributed by atoms with van der Waals surface area (Å²) in [5, 5.41) is 9.99. The van der Waals surface area contributed by atoms with E-state index >= 15 is 0 Å². The van der Waals surface area contributed by atoms with E-state index in [-0.39, 0.29) is 10.5 Å². The smallest absolute Gasteiger partial charge is 0.225 e. The number of carbonyl (C=O) groups is 1. The quantitative estimate of drug-likeness (QED) is 0.357. The van der Waals surface area contributed by atoms with Gasteiger partial charge in [-0.15, -0.1) is 11.3 Å². The van der Waals surface area contributed by atoms with Crippen LogP contribution in [0.1, 0.15) is 15.9 Å². The van der Waals surface area contributed by atoms with Crippen molar-refractivity contribution in [2.24, 2.45) is 0 Å². The number of hydrogen-bond donors (Lipinski definition) is 0. The lowest BCUT2D eigenvalue weighted by Crippen LogP contribution is -2.03. The van der Waals surface area contributed by atoms with Crippen molar-refractivity contribution in [2.75, 3.05) is 0 Å². The second-order valence-corrected chi connectivity index (χ2v) is 7.73. The molecule has 1 aromatic heterocycles. The van der Waals surface area contributed by atoms with Crippen LogP contribution in [0.3, 0.4) is 0 Å². The molecule has 0 spiro atoms. The summed E-state index contributed by atoms with van der Waals surface area (Å²) in [6.07, 6.45) is 0. The standard InChI is InChI=1S/C21H11NO2S2/c22-12-13-8-10-14(11-9-13)25-21(24)17-6-3-5-16-19(23)15-4-1-2-7-18(15)26-20(16)17/h1-11H. The molecule has 0 N–H and O–H groups in total. The van der Waals surface area contributed by atoms with Gasteiger partial charge in [0.1, 0.15) is 0 Å². The molecule has 5 heteroatoms. The number of hydrogen-bond acceptors (Lipinski definition) is 5. The summed E-state index contributed by atoms with van der Waals surface area (Å²) in [6.45, 7) is 0. The molecule has 0 radical (unpaired) electrons. The van der Waals surface area contributed by atoms with Gasteiger partial charge in [0.05, 0.1) is 16.3 Å². The van der Waals surface area contributed by atoms with Crippen LogP contribution >= 0.6 is 23.1 Å². The van der Waals surface area contributed by atoms with E-state index in [2.05, 4.69) is 6.07 Å². The van der Waals surface area contributed by atoms with Crippen molar-refractivity contribution in [2.45, 2.75) is 4.90 Å². The summed E-state index contributed by atoms with van der Waals surface area (Å²) in [6, 6.07) is 21.7. The lowest BCUT2D eigenvalue weighted by atomic mass is 10.1. The Labute approximate surface area is 157 Å². The number of benzene rings is 3. The van der Waals surface area contributed by atoms with Crippen molar-refractivity contribution < 1.29 is 4.79 Å². The summed E-state index contributed by atoms with van der Waals surface area (Å²) < 4.78 is 1.58. The highest BCUT2D eigenvalue weighted by Gasteiger charge is 2.15. The van der Waals surface area contributed by atoms with Gasteiger partial charge in [-0.25, -0.2) is 0 Å². The van der Waals surface area contributed by atoms with Gasteiger partial charge >= 0.3 is 0 Å². The molecule has 0 saturated heterocycles. The Morgan fingerprint density at radius 3 is 2.42 bits per heavy atom. The minimum atomic E-state index is -0.119. The average Bonchev–Trinajstić information content (AvgIpc) is 2.68. The predicted molar refractivity (Wildman–Crippen MR) is 107 cm³/mol. The van der Waals surface area contributed by atoms with Gasteiger partial charge < -0.3 is 0 Å². The molecular formula is C21H11NO2S2. The van der Waals surface area contributed by atoms with Gasteiger partial charge in [0.2, 0.25) is 5.12 Å². The minimum Gasteiger partial charge on any atom is -0.289 e. The van der Waals surface area contributed by atoms with Crippen LogP contribution in [0.15, 0.2) is 76.4 Å². The van der Waals surface area contributed by atoms with Gasteiger partial charge in [-0.3, -0.25) is 9.59 Å². The first-order chi connectivity index (χ1) is 12.7. The predicted octanol–water partition coefficient (Wildman–Crippen LogP) is 5.22. The van der Waals surface area contributed by atoms with E-state index in [1.54, 1.807) is 42.5 Å². The number of nitriles is 1. The van der Waals surface area contributed by atoms with E-state index in [4.69, 9.17) is 5.26 Å². The highest BCUT2D eigenvalue weighted by atomic mass is 32.2. The maximum absolute atomic E-state index is 12.8. The van der Waals surface area contributed by atoms with E-state index in [0.717, 1.165) is 21.4 Å².